The van der Waals surface area contributed by atoms with E-state index in [1.807, 2.05) is 28.0 Å². The van der Waals surface area contributed by atoms with Gasteiger partial charge in [0.25, 0.3) is 0 Å². The lowest BCUT2D eigenvalue weighted by atomic mass is 10.0. The summed E-state index contributed by atoms with van der Waals surface area (Å²) in [5.74, 6) is 0.123. The standard InChI is InChI=1S/C23H36N4O2/c1-20(28)27(18-17-25-14-6-3-7-15-25)22-11-8-16-26(19-22)23(29)24-13-12-21-9-4-2-5-10-21/h2,4-5,9-10,22H,3,6-8,11-19H2,1H3,(H,24,29). The predicted molar refractivity (Wildman–Crippen MR) is 116 cm³/mol. The molecule has 2 aliphatic rings. The van der Waals surface area contributed by atoms with Crippen molar-refractivity contribution in [2.75, 3.05) is 45.8 Å². The summed E-state index contributed by atoms with van der Waals surface area (Å²) in [6.07, 6.45) is 6.61. The molecule has 1 aromatic rings. The summed E-state index contributed by atoms with van der Waals surface area (Å²) >= 11 is 0. The van der Waals surface area contributed by atoms with E-state index in [9.17, 15) is 9.59 Å². The Labute approximate surface area is 175 Å². The molecule has 0 aliphatic carbocycles. The first kappa shape index (κ1) is 21.6. The smallest absolute Gasteiger partial charge is 0.317 e. The van der Waals surface area contributed by atoms with Crippen LogP contribution in [0, 0.1) is 0 Å². The van der Waals surface area contributed by atoms with Crippen LogP contribution in [0.4, 0.5) is 4.79 Å². The minimum Gasteiger partial charge on any atom is -0.338 e. The number of rotatable bonds is 7. The van der Waals surface area contributed by atoms with Crippen LogP contribution in [0.15, 0.2) is 30.3 Å². The van der Waals surface area contributed by atoms with E-state index in [-0.39, 0.29) is 18.0 Å². The molecular formula is C23H36N4O2. The van der Waals surface area contributed by atoms with Crippen LogP contribution in [0.5, 0.6) is 0 Å². The molecule has 3 rings (SSSR count). The fraction of sp³-hybridized carbons (Fsp3) is 0.652. The van der Waals surface area contributed by atoms with Gasteiger partial charge < -0.3 is 20.0 Å². The van der Waals surface area contributed by atoms with Crippen LogP contribution < -0.4 is 5.32 Å². The highest BCUT2D eigenvalue weighted by Gasteiger charge is 2.29. The lowest BCUT2D eigenvalue weighted by Gasteiger charge is -2.40. The Morgan fingerprint density at radius 2 is 1.83 bits per heavy atom. The van der Waals surface area contributed by atoms with E-state index in [1.165, 1.54) is 24.8 Å². The molecule has 2 saturated heterocycles. The van der Waals surface area contributed by atoms with Gasteiger partial charge >= 0.3 is 6.03 Å². The fourth-order valence-corrected chi connectivity index (χ4v) is 4.49. The quantitative estimate of drug-likeness (QED) is 0.766. The fourth-order valence-electron chi connectivity index (χ4n) is 4.49. The number of likely N-dealkylation sites (tertiary alicyclic amines) is 2. The van der Waals surface area contributed by atoms with E-state index in [1.54, 1.807) is 6.92 Å². The summed E-state index contributed by atoms with van der Waals surface area (Å²) in [4.78, 5) is 31.3. The van der Waals surface area contributed by atoms with Crippen molar-refractivity contribution in [1.82, 2.24) is 20.0 Å². The molecule has 1 unspecified atom stereocenters. The number of carbonyl (C=O) groups is 2. The minimum absolute atomic E-state index is 0.00911. The van der Waals surface area contributed by atoms with E-state index in [2.05, 4.69) is 22.3 Å². The van der Waals surface area contributed by atoms with Gasteiger partial charge in [0.2, 0.25) is 5.91 Å². The third-order valence-corrected chi connectivity index (χ3v) is 6.17. The Morgan fingerprint density at radius 3 is 2.55 bits per heavy atom. The Kier molecular flexibility index (Phi) is 8.35. The number of benzene rings is 1. The van der Waals surface area contributed by atoms with Gasteiger partial charge in [0.05, 0.1) is 0 Å². The molecule has 0 spiro atoms. The first-order valence-electron chi connectivity index (χ1n) is 11.2. The summed E-state index contributed by atoms with van der Waals surface area (Å²) in [6, 6.07) is 10.3. The second-order valence-corrected chi connectivity index (χ2v) is 8.32. The maximum atomic E-state index is 12.6. The molecule has 2 fully saturated rings. The average molecular weight is 401 g/mol. The summed E-state index contributed by atoms with van der Waals surface area (Å²) in [6.45, 7) is 7.70. The summed E-state index contributed by atoms with van der Waals surface area (Å²) in [5.41, 5.74) is 1.23. The number of hydrogen-bond donors (Lipinski definition) is 1. The molecule has 1 atom stereocenters. The SMILES string of the molecule is CC(=O)N(CCN1CCCCC1)C1CCCN(C(=O)NCCc2ccccc2)C1. The molecule has 0 aromatic heterocycles. The largest absolute Gasteiger partial charge is 0.338 e. The van der Waals surface area contributed by atoms with Crippen LogP contribution in [-0.4, -0.2) is 78.5 Å². The maximum Gasteiger partial charge on any atom is 0.317 e. The molecule has 2 aliphatic heterocycles. The van der Waals surface area contributed by atoms with Crippen LogP contribution in [0.2, 0.25) is 0 Å². The van der Waals surface area contributed by atoms with Crippen molar-refractivity contribution in [3.05, 3.63) is 35.9 Å². The maximum absolute atomic E-state index is 12.6. The van der Waals surface area contributed by atoms with E-state index < -0.39 is 0 Å². The predicted octanol–water partition coefficient (Wildman–Crippen LogP) is 2.74. The van der Waals surface area contributed by atoms with Crippen molar-refractivity contribution in [2.45, 2.75) is 51.5 Å². The van der Waals surface area contributed by atoms with Crippen LogP contribution >= 0.6 is 0 Å². The highest BCUT2D eigenvalue weighted by molar-refractivity contribution is 5.75. The van der Waals surface area contributed by atoms with Crippen LogP contribution in [0.3, 0.4) is 0 Å². The number of carbonyl (C=O) groups excluding carboxylic acids is 2. The van der Waals surface area contributed by atoms with Gasteiger partial charge in [0.15, 0.2) is 0 Å². The third-order valence-electron chi connectivity index (χ3n) is 6.17. The molecule has 2 heterocycles. The highest BCUT2D eigenvalue weighted by Crippen LogP contribution is 2.17. The van der Waals surface area contributed by atoms with Crippen molar-refractivity contribution < 1.29 is 9.59 Å². The van der Waals surface area contributed by atoms with Crippen molar-refractivity contribution in [1.29, 1.82) is 0 Å². The molecule has 0 radical (unpaired) electrons. The Bertz CT molecular complexity index is 646. The number of piperidine rings is 2. The molecular weight excluding hydrogens is 364 g/mol. The van der Waals surface area contributed by atoms with E-state index in [0.29, 0.717) is 13.1 Å². The lowest BCUT2D eigenvalue weighted by molar-refractivity contribution is -0.132. The second kappa shape index (κ2) is 11.2. The zero-order chi connectivity index (χ0) is 20.5. The average Bonchev–Trinajstić information content (AvgIpc) is 2.75. The van der Waals surface area contributed by atoms with Gasteiger partial charge in [-0.3, -0.25) is 4.79 Å². The number of urea groups is 1. The lowest BCUT2D eigenvalue weighted by Crippen LogP contribution is -2.54. The molecule has 0 bridgehead atoms. The number of nitrogens with zero attached hydrogens (tertiary/aromatic N) is 3. The first-order chi connectivity index (χ1) is 14.1. The van der Waals surface area contributed by atoms with Gasteiger partial charge in [-0.1, -0.05) is 36.8 Å². The van der Waals surface area contributed by atoms with Gasteiger partial charge in [-0.15, -0.1) is 0 Å². The number of hydrogen-bond acceptors (Lipinski definition) is 3. The van der Waals surface area contributed by atoms with Gasteiger partial charge in [0, 0.05) is 45.7 Å². The molecule has 29 heavy (non-hydrogen) atoms. The van der Waals surface area contributed by atoms with Crippen LogP contribution in [-0.2, 0) is 11.2 Å². The van der Waals surface area contributed by atoms with E-state index >= 15 is 0 Å². The Hall–Kier alpha value is -2.08. The van der Waals surface area contributed by atoms with Gasteiger partial charge in [-0.2, -0.15) is 0 Å². The van der Waals surface area contributed by atoms with Crippen molar-refractivity contribution in [3.8, 4) is 0 Å². The summed E-state index contributed by atoms with van der Waals surface area (Å²) < 4.78 is 0. The zero-order valence-corrected chi connectivity index (χ0v) is 17.8. The van der Waals surface area contributed by atoms with E-state index in [0.717, 1.165) is 52.0 Å². The minimum atomic E-state index is -0.00911. The Morgan fingerprint density at radius 1 is 1.07 bits per heavy atom. The zero-order valence-electron chi connectivity index (χ0n) is 17.8. The van der Waals surface area contributed by atoms with E-state index in [4.69, 9.17) is 0 Å². The van der Waals surface area contributed by atoms with Gasteiger partial charge in [-0.05, 0) is 50.8 Å². The summed E-state index contributed by atoms with van der Waals surface area (Å²) in [7, 11) is 0. The second-order valence-electron chi connectivity index (χ2n) is 8.32. The highest BCUT2D eigenvalue weighted by atomic mass is 16.2. The molecule has 1 aromatic carbocycles. The number of amides is 3. The molecule has 6 nitrogen and oxygen atoms in total. The van der Waals surface area contributed by atoms with Crippen molar-refractivity contribution >= 4 is 11.9 Å². The molecule has 3 amide bonds. The molecule has 160 valence electrons. The summed E-state index contributed by atoms with van der Waals surface area (Å²) in [5, 5.41) is 3.05. The number of nitrogens with one attached hydrogen (secondary N) is 1. The first-order valence-corrected chi connectivity index (χ1v) is 11.2. The molecule has 1 N–H and O–H groups in total. The van der Waals surface area contributed by atoms with Crippen LogP contribution in [0.25, 0.3) is 0 Å². The van der Waals surface area contributed by atoms with Crippen molar-refractivity contribution in [3.63, 3.8) is 0 Å². The van der Waals surface area contributed by atoms with Crippen molar-refractivity contribution in [2.24, 2.45) is 0 Å². The molecule has 6 heteroatoms. The van der Waals surface area contributed by atoms with Crippen LogP contribution in [0.1, 0.15) is 44.6 Å². The third kappa shape index (κ3) is 6.74. The van der Waals surface area contributed by atoms with Gasteiger partial charge in [0.1, 0.15) is 0 Å². The Balaban J connectivity index is 1.46. The molecule has 0 saturated carbocycles. The monoisotopic (exact) mass is 400 g/mol. The normalized spacial score (nSPS) is 20.3. The topological polar surface area (TPSA) is 55.9 Å². The van der Waals surface area contributed by atoms with Gasteiger partial charge in [-0.25, -0.2) is 4.79 Å².